The minimum absolute atomic E-state index is 0.0356. The quantitative estimate of drug-likeness (QED) is 0.759. The van der Waals surface area contributed by atoms with E-state index in [1.807, 2.05) is 30.3 Å². The number of hydrogen-bond acceptors (Lipinski definition) is 5. The van der Waals surface area contributed by atoms with Gasteiger partial charge in [-0.1, -0.05) is 36.4 Å². The summed E-state index contributed by atoms with van der Waals surface area (Å²) in [7, 11) is 0. The van der Waals surface area contributed by atoms with E-state index < -0.39 is 12.3 Å². The lowest BCUT2D eigenvalue weighted by Gasteiger charge is -2.17. The molecule has 1 aliphatic heterocycles. The predicted octanol–water partition coefficient (Wildman–Crippen LogP) is 3.33. The number of fused-ring (bicyclic) bond motifs is 1. The van der Waals surface area contributed by atoms with Crippen LogP contribution in [-0.4, -0.2) is 21.1 Å². The van der Waals surface area contributed by atoms with E-state index in [-0.39, 0.29) is 11.8 Å². The molecule has 2 aromatic carbocycles. The lowest BCUT2D eigenvalue weighted by molar-refractivity contribution is 0.0678. The van der Waals surface area contributed by atoms with Crippen molar-refractivity contribution in [3.05, 3.63) is 71.1 Å². The highest BCUT2D eigenvalue weighted by Crippen LogP contribution is 2.28. The fraction of sp³-hybridized carbons (Fsp3) is 0.167. The third kappa shape index (κ3) is 3.06. The molecule has 6 nitrogen and oxygen atoms in total. The maximum Gasteiger partial charge on any atom is 0.314 e. The molecule has 4 rings (SSSR count). The number of halogens is 2. The van der Waals surface area contributed by atoms with Crippen LogP contribution in [0.5, 0.6) is 0 Å². The zero-order chi connectivity index (χ0) is 18.1. The van der Waals surface area contributed by atoms with Gasteiger partial charge in [0.05, 0.1) is 6.54 Å². The molecule has 0 aliphatic carbocycles. The van der Waals surface area contributed by atoms with Gasteiger partial charge in [-0.3, -0.25) is 9.80 Å². The Morgan fingerprint density at radius 3 is 2.69 bits per heavy atom. The number of nitrogens with zero attached hydrogens (tertiary/aromatic N) is 3. The van der Waals surface area contributed by atoms with Crippen molar-refractivity contribution in [3.63, 3.8) is 0 Å². The summed E-state index contributed by atoms with van der Waals surface area (Å²) in [5.74, 6) is -0.962. The average molecular weight is 356 g/mol. The van der Waals surface area contributed by atoms with Crippen molar-refractivity contribution < 1.29 is 18.0 Å². The summed E-state index contributed by atoms with van der Waals surface area (Å²) in [6, 6.07) is 14.8. The van der Waals surface area contributed by atoms with Crippen LogP contribution >= 0.6 is 0 Å². The Labute approximate surface area is 147 Å². The van der Waals surface area contributed by atoms with Crippen molar-refractivity contribution in [2.45, 2.75) is 19.5 Å². The van der Waals surface area contributed by atoms with Crippen molar-refractivity contribution in [3.8, 4) is 11.5 Å². The van der Waals surface area contributed by atoms with E-state index in [1.54, 1.807) is 18.2 Å². The van der Waals surface area contributed by atoms with Crippen LogP contribution in [0.2, 0.25) is 0 Å². The second kappa shape index (κ2) is 6.64. The van der Waals surface area contributed by atoms with Crippen molar-refractivity contribution in [2.24, 2.45) is 0 Å². The molecule has 0 atom stereocenters. The lowest BCUT2D eigenvalue weighted by atomic mass is 10.1. The highest BCUT2D eigenvalue weighted by atomic mass is 19.3. The van der Waals surface area contributed by atoms with E-state index in [0.717, 1.165) is 11.1 Å². The number of hydrogen-bond donors (Lipinski definition) is 1. The first-order valence-electron chi connectivity index (χ1n) is 7.96. The van der Waals surface area contributed by atoms with Gasteiger partial charge < -0.3 is 4.42 Å². The lowest BCUT2D eigenvalue weighted by Crippen LogP contribution is -2.37. The molecule has 0 fully saturated rings. The van der Waals surface area contributed by atoms with Crippen LogP contribution in [0, 0.1) is 0 Å². The van der Waals surface area contributed by atoms with Crippen molar-refractivity contribution >= 4 is 5.91 Å². The number of benzene rings is 2. The Balaban J connectivity index is 1.51. The van der Waals surface area contributed by atoms with Crippen molar-refractivity contribution in [1.82, 2.24) is 20.6 Å². The summed E-state index contributed by atoms with van der Waals surface area (Å²) in [6.07, 6.45) is -2.83. The van der Waals surface area contributed by atoms with E-state index in [2.05, 4.69) is 15.6 Å². The Kier molecular flexibility index (Phi) is 4.18. The molecule has 0 unspecified atom stereocenters. The summed E-state index contributed by atoms with van der Waals surface area (Å²) in [5.41, 5.74) is 5.92. The molecule has 132 valence electrons. The van der Waals surface area contributed by atoms with Crippen LogP contribution in [0.15, 0.2) is 52.9 Å². The van der Waals surface area contributed by atoms with E-state index >= 15 is 0 Å². The fourth-order valence-corrected chi connectivity index (χ4v) is 2.78. The number of rotatable bonds is 5. The molecule has 2 heterocycles. The largest absolute Gasteiger partial charge is 0.415 e. The van der Waals surface area contributed by atoms with Crippen molar-refractivity contribution in [1.29, 1.82) is 0 Å². The Bertz CT molecular complexity index is 943. The third-order valence-electron chi connectivity index (χ3n) is 4.11. The van der Waals surface area contributed by atoms with Gasteiger partial charge in [0.1, 0.15) is 0 Å². The van der Waals surface area contributed by atoms with Gasteiger partial charge >= 0.3 is 6.43 Å². The SMILES string of the molecule is O=C1c2cc(-c3nnc(C(F)F)o3)ccc2CN1NCc1ccccc1. The van der Waals surface area contributed by atoms with E-state index in [4.69, 9.17) is 4.42 Å². The molecule has 0 radical (unpaired) electrons. The van der Waals surface area contributed by atoms with Gasteiger partial charge in [-0.05, 0) is 23.3 Å². The molecule has 3 aromatic rings. The van der Waals surface area contributed by atoms with E-state index in [1.165, 1.54) is 5.01 Å². The topological polar surface area (TPSA) is 71.3 Å². The van der Waals surface area contributed by atoms with E-state index in [0.29, 0.717) is 24.2 Å². The summed E-state index contributed by atoms with van der Waals surface area (Å²) in [4.78, 5) is 12.6. The van der Waals surface area contributed by atoms with Gasteiger partial charge in [-0.15, -0.1) is 10.2 Å². The number of alkyl halides is 2. The first kappa shape index (κ1) is 16.3. The molecule has 0 bridgehead atoms. The Morgan fingerprint density at radius 2 is 1.96 bits per heavy atom. The fourth-order valence-electron chi connectivity index (χ4n) is 2.78. The van der Waals surface area contributed by atoms with Crippen LogP contribution in [0.4, 0.5) is 8.78 Å². The average Bonchev–Trinajstić information content (AvgIpc) is 3.26. The molecular formula is C18H14F2N4O2. The minimum atomic E-state index is -2.83. The maximum absolute atomic E-state index is 12.6. The van der Waals surface area contributed by atoms with Crippen LogP contribution in [-0.2, 0) is 13.1 Å². The summed E-state index contributed by atoms with van der Waals surface area (Å²) in [6.45, 7) is 0.947. The number of aromatic nitrogens is 2. The van der Waals surface area contributed by atoms with Crippen LogP contribution in [0.1, 0.15) is 33.8 Å². The van der Waals surface area contributed by atoms with E-state index in [9.17, 15) is 13.6 Å². The first-order chi connectivity index (χ1) is 12.6. The molecule has 1 amide bonds. The van der Waals surface area contributed by atoms with Gasteiger partial charge in [0.25, 0.3) is 11.8 Å². The number of nitrogens with one attached hydrogen (secondary N) is 1. The third-order valence-corrected chi connectivity index (χ3v) is 4.11. The number of carbonyl (C=O) groups is 1. The number of carbonyl (C=O) groups excluding carboxylic acids is 1. The van der Waals surface area contributed by atoms with Crippen molar-refractivity contribution in [2.75, 3.05) is 0 Å². The summed E-state index contributed by atoms with van der Waals surface area (Å²) >= 11 is 0. The molecule has 0 saturated heterocycles. The monoisotopic (exact) mass is 356 g/mol. The molecule has 0 saturated carbocycles. The smallest absolute Gasteiger partial charge is 0.314 e. The molecule has 8 heteroatoms. The van der Waals surface area contributed by atoms with Gasteiger partial charge in [0, 0.05) is 17.7 Å². The number of amides is 1. The molecule has 26 heavy (non-hydrogen) atoms. The molecule has 0 spiro atoms. The highest BCUT2D eigenvalue weighted by molar-refractivity contribution is 5.99. The zero-order valence-electron chi connectivity index (χ0n) is 13.5. The Hall–Kier alpha value is -3.13. The van der Waals surface area contributed by atoms with Gasteiger partial charge in [-0.25, -0.2) is 5.43 Å². The zero-order valence-corrected chi connectivity index (χ0v) is 13.5. The molecular weight excluding hydrogens is 342 g/mol. The van der Waals surface area contributed by atoms with Crippen LogP contribution in [0.25, 0.3) is 11.5 Å². The van der Waals surface area contributed by atoms with Gasteiger partial charge in [-0.2, -0.15) is 8.78 Å². The predicted molar refractivity (Wildman–Crippen MR) is 87.8 cm³/mol. The van der Waals surface area contributed by atoms with Gasteiger partial charge in [0.15, 0.2) is 0 Å². The maximum atomic E-state index is 12.6. The normalized spacial score (nSPS) is 13.5. The standard InChI is InChI=1S/C18H14F2N4O2/c19-15(20)17-23-22-16(26-17)12-6-7-13-10-24(18(25)14(13)8-12)21-9-11-4-2-1-3-5-11/h1-8,15,21H,9-10H2. The van der Waals surface area contributed by atoms with Crippen LogP contribution < -0.4 is 5.43 Å². The Morgan fingerprint density at radius 1 is 1.15 bits per heavy atom. The first-order valence-corrected chi connectivity index (χ1v) is 7.96. The van der Waals surface area contributed by atoms with Gasteiger partial charge in [0.2, 0.25) is 5.89 Å². The summed E-state index contributed by atoms with van der Waals surface area (Å²) < 4.78 is 30.1. The number of hydrazine groups is 1. The minimum Gasteiger partial charge on any atom is -0.415 e. The molecule has 1 aromatic heterocycles. The summed E-state index contributed by atoms with van der Waals surface area (Å²) in [5, 5.41) is 8.45. The van der Waals surface area contributed by atoms with Crippen LogP contribution in [0.3, 0.4) is 0 Å². The molecule has 1 N–H and O–H groups in total. The molecule has 1 aliphatic rings. The second-order valence-corrected chi connectivity index (χ2v) is 5.83. The highest BCUT2D eigenvalue weighted by Gasteiger charge is 2.28. The second-order valence-electron chi connectivity index (χ2n) is 5.83.